The summed E-state index contributed by atoms with van der Waals surface area (Å²) in [5.41, 5.74) is 0.735. The topological polar surface area (TPSA) is 116 Å². The Morgan fingerprint density at radius 1 is 1.17 bits per heavy atom. The molecule has 8 nitrogen and oxygen atoms in total. The van der Waals surface area contributed by atoms with Crippen molar-refractivity contribution in [3.8, 4) is 0 Å². The first-order chi connectivity index (χ1) is 11.4. The Balaban J connectivity index is 2.08. The highest BCUT2D eigenvalue weighted by Crippen LogP contribution is 1.99. The first kappa shape index (κ1) is 19.4. The highest BCUT2D eigenvalue weighted by molar-refractivity contribution is 5.92. The molecule has 3 amide bonds. The number of anilines is 1. The van der Waals surface area contributed by atoms with Crippen LogP contribution >= 0.6 is 0 Å². The van der Waals surface area contributed by atoms with E-state index in [-0.39, 0.29) is 17.4 Å². The van der Waals surface area contributed by atoms with Gasteiger partial charge in [-0.05, 0) is 26.7 Å². The summed E-state index contributed by atoms with van der Waals surface area (Å²) in [6.07, 6.45) is 3.63. The second-order valence-electron chi connectivity index (χ2n) is 5.57. The molecule has 1 heterocycles. The molecule has 0 aromatic carbocycles. The van der Waals surface area contributed by atoms with Crippen molar-refractivity contribution in [2.45, 2.75) is 39.5 Å². The molecule has 4 N–H and O–H groups in total. The molecule has 132 valence electrons. The molecule has 0 radical (unpaired) electrons. The van der Waals surface area contributed by atoms with Crippen LogP contribution in [0.2, 0.25) is 0 Å². The molecule has 0 atom stereocenters. The van der Waals surface area contributed by atoms with Gasteiger partial charge in [-0.15, -0.1) is 0 Å². The predicted octanol–water partition coefficient (Wildman–Crippen LogP) is 1.45. The van der Waals surface area contributed by atoms with Crippen LogP contribution in [-0.2, 0) is 4.79 Å². The smallest absolute Gasteiger partial charge is 0.321 e. The van der Waals surface area contributed by atoms with Crippen molar-refractivity contribution >= 4 is 17.9 Å². The van der Waals surface area contributed by atoms with Crippen molar-refractivity contribution in [2.75, 3.05) is 18.4 Å². The van der Waals surface area contributed by atoms with Crippen LogP contribution in [0.3, 0.4) is 0 Å². The van der Waals surface area contributed by atoms with Gasteiger partial charge in [0.2, 0.25) is 11.9 Å². The van der Waals surface area contributed by atoms with Crippen LogP contribution in [0.1, 0.15) is 38.3 Å². The number of aromatic amines is 1. The highest BCUT2D eigenvalue weighted by atomic mass is 16.2. The van der Waals surface area contributed by atoms with Gasteiger partial charge in [-0.1, -0.05) is 19.4 Å². The van der Waals surface area contributed by atoms with Gasteiger partial charge in [0.05, 0.1) is 0 Å². The molecular weight excluding hydrogens is 310 g/mol. The zero-order valence-corrected chi connectivity index (χ0v) is 14.2. The molecule has 0 aliphatic heterocycles. The number of hydrogen-bond acceptors (Lipinski definition) is 4. The van der Waals surface area contributed by atoms with E-state index in [0.717, 1.165) is 25.7 Å². The van der Waals surface area contributed by atoms with Crippen LogP contribution in [0.15, 0.2) is 23.0 Å². The second kappa shape index (κ2) is 10.2. The Hall–Kier alpha value is -2.64. The molecule has 0 saturated carbocycles. The van der Waals surface area contributed by atoms with Gasteiger partial charge in [-0.3, -0.25) is 19.9 Å². The van der Waals surface area contributed by atoms with Crippen molar-refractivity contribution < 1.29 is 9.59 Å². The maximum atomic E-state index is 11.7. The molecule has 1 rings (SSSR count). The van der Waals surface area contributed by atoms with E-state index in [2.05, 4.69) is 32.5 Å². The summed E-state index contributed by atoms with van der Waals surface area (Å²) in [5.74, 6) is 0.0156. The third-order valence-electron chi connectivity index (χ3n) is 3.16. The number of urea groups is 1. The molecule has 0 aliphatic carbocycles. The van der Waals surface area contributed by atoms with Crippen LogP contribution < -0.4 is 21.5 Å². The molecular formula is C16H25N5O3. The largest absolute Gasteiger partial charge is 0.352 e. The number of hydrogen-bond donors (Lipinski definition) is 4. The quantitative estimate of drug-likeness (QED) is 0.404. The third kappa shape index (κ3) is 8.11. The Morgan fingerprint density at radius 3 is 2.38 bits per heavy atom. The summed E-state index contributed by atoms with van der Waals surface area (Å²) in [6, 6.07) is 0.944. The van der Waals surface area contributed by atoms with E-state index in [1.165, 1.54) is 6.07 Å². The minimum absolute atomic E-state index is 0.115. The van der Waals surface area contributed by atoms with E-state index in [0.29, 0.717) is 24.4 Å². The number of carbonyl (C=O) groups is 2. The lowest BCUT2D eigenvalue weighted by Gasteiger charge is -2.07. The van der Waals surface area contributed by atoms with E-state index in [4.69, 9.17) is 0 Å². The average molecular weight is 335 g/mol. The molecule has 1 aromatic heterocycles. The normalized spacial score (nSPS) is 10.1. The monoisotopic (exact) mass is 335 g/mol. The molecule has 0 bridgehead atoms. The molecule has 0 aliphatic rings. The fourth-order valence-electron chi connectivity index (χ4n) is 1.95. The van der Waals surface area contributed by atoms with Crippen molar-refractivity contribution in [3.63, 3.8) is 0 Å². The Kier molecular flexibility index (Phi) is 8.24. The van der Waals surface area contributed by atoms with Gasteiger partial charge < -0.3 is 10.6 Å². The molecule has 0 unspecified atom stereocenters. The van der Waals surface area contributed by atoms with Crippen molar-refractivity contribution in [1.82, 2.24) is 20.6 Å². The van der Waals surface area contributed by atoms with Gasteiger partial charge in [0.1, 0.15) is 0 Å². The number of aryl methyl sites for hydroxylation is 1. The van der Waals surface area contributed by atoms with Gasteiger partial charge in [-0.2, -0.15) is 0 Å². The van der Waals surface area contributed by atoms with Crippen LogP contribution in [0.4, 0.5) is 10.7 Å². The van der Waals surface area contributed by atoms with E-state index < -0.39 is 6.03 Å². The third-order valence-corrected chi connectivity index (χ3v) is 3.16. The summed E-state index contributed by atoms with van der Waals surface area (Å²) < 4.78 is 0. The van der Waals surface area contributed by atoms with E-state index in [1.807, 2.05) is 0 Å². The molecule has 1 aromatic rings. The number of amides is 3. The summed E-state index contributed by atoms with van der Waals surface area (Å²) in [7, 11) is 0. The zero-order chi connectivity index (χ0) is 17.9. The molecule has 24 heavy (non-hydrogen) atoms. The maximum Gasteiger partial charge on any atom is 0.321 e. The number of unbranched alkanes of at least 4 members (excludes halogenated alkanes) is 3. The fourth-order valence-corrected chi connectivity index (χ4v) is 1.95. The van der Waals surface area contributed by atoms with Crippen molar-refractivity contribution in [2.24, 2.45) is 0 Å². The lowest BCUT2D eigenvalue weighted by atomic mass is 10.2. The van der Waals surface area contributed by atoms with Crippen LogP contribution in [-0.4, -0.2) is 35.0 Å². The second-order valence-corrected chi connectivity index (χ2v) is 5.57. The summed E-state index contributed by atoms with van der Waals surface area (Å²) in [4.78, 5) is 40.6. The fraction of sp³-hybridized carbons (Fsp3) is 0.500. The minimum atomic E-state index is -0.405. The summed E-state index contributed by atoms with van der Waals surface area (Å²) in [6.45, 7) is 8.08. The zero-order valence-electron chi connectivity index (χ0n) is 14.2. The lowest BCUT2D eigenvalue weighted by Crippen LogP contribution is -2.31. The van der Waals surface area contributed by atoms with E-state index in [1.54, 1.807) is 13.8 Å². The maximum absolute atomic E-state index is 11.7. The molecule has 0 saturated heterocycles. The first-order valence-electron chi connectivity index (χ1n) is 7.95. The van der Waals surface area contributed by atoms with Crippen LogP contribution in [0.5, 0.6) is 0 Å². The average Bonchev–Trinajstić information content (AvgIpc) is 2.48. The number of rotatable bonds is 9. The van der Waals surface area contributed by atoms with E-state index >= 15 is 0 Å². The lowest BCUT2D eigenvalue weighted by molar-refractivity contribution is -0.117. The number of aromatic nitrogens is 2. The number of H-pyrrole nitrogens is 1. The van der Waals surface area contributed by atoms with Crippen LogP contribution in [0, 0.1) is 6.92 Å². The highest BCUT2D eigenvalue weighted by Gasteiger charge is 2.04. The van der Waals surface area contributed by atoms with Gasteiger partial charge in [0, 0.05) is 30.4 Å². The molecule has 0 fully saturated rings. The van der Waals surface area contributed by atoms with Gasteiger partial charge in [0.15, 0.2) is 0 Å². The van der Waals surface area contributed by atoms with Gasteiger partial charge in [-0.25, -0.2) is 9.78 Å². The van der Waals surface area contributed by atoms with E-state index in [9.17, 15) is 14.4 Å². The Bertz CT molecular complexity index is 639. The van der Waals surface area contributed by atoms with Gasteiger partial charge in [0.25, 0.3) is 5.56 Å². The first-order valence-corrected chi connectivity index (χ1v) is 7.95. The Morgan fingerprint density at radius 2 is 1.79 bits per heavy atom. The Labute approximate surface area is 141 Å². The van der Waals surface area contributed by atoms with Crippen molar-refractivity contribution in [1.29, 1.82) is 0 Å². The molecule has 8 heteroatoms. The summed E-state index contributed by atoms with van der Waals surface area (Å²) >= 11 is 0. The minimum Gasteiger partial charge on any atom is -0.352 e. The van der Waals surface area contributed by atoms with Crippen molar-refractivity contribution in [3.05, 3.63) is 34.3 Å². The standard InChI is InChI=1S/C16H25N5O3/c1-11(2)14(23)17-8-6-4-5-7-9-18-16(24)21-15-19-12(3)10-13(22)20-15/h10H,1,4-9H2,2-3H3,(H,17,23)(H3,18,19,20,21,22,24). The molecule has 0 spiro atoms. The van der Waals surface area contributed by atoms with Crippen LogP contribution in [0.25, 0.3) is 0 Å². The number of nitrogens with zero attached hydrogens (tertiary/aromatic N) is 1. The van der Waals surface area contributed by atoms with Gasteiger partial charge >= 0.3 is 6.03 Å². The summed E-state index contributed by atoms with van der Waals surface area (Å²) in [5, 5.41) is 7.96. The number of nitrogens with one attached hydrogen (secondary N) is 4. The number of carbonyl (C=O) groups excluding carboxylic acids is 2. The SMILES string of the molecule is C=C(C)C(=O)NCCCCCCNC(=O)Nc1nc(C)cc(=O)[nH]1. The predicted molar refractivity (Wildman–Crippen MR) is 92.9 cm³/mol.